The molecule has 20 heavy (non-hydrogen) atoms. The standard InChI is InChI=1S/C14H12N4O2/c15-17-16-10-13-3-1-11(2-4-13)9-12-5-7-14(8-6-12)18(19)20/h1-8H,9-10H2. The van der Waals surface area contributed by atoms with Gasteiger partial charge in [0.2, 0.25) is 0 Å². The zero-order valence-electron chi connectivity index (χ0n) is 10.6. The van der Waals surface area contributed by atoms with Crippen molar-refractivity contribution in [2.75, 3.05) is 0 Å². The number of nitro benzene ring substituents is 1. The minimum absolute atomic E-state index is 0.0958. The third kappa shape index (κ3) is 3.57. The lowest BCUT2D eigenvalue weighted by Crippen LogP contribution is -1.91. The molecule has 100 valence electrons. The molecule has 0 saturated heterocycles. The Balaban J connectivity index is 2.05. The molecule has 0 aromatic heterocycles. The summed E-state index contributed by atoms with van der Waals surface area (Å²) >= 11 is 0. The van der Waals surface area contributed by atoms with Gasteiger partial charge in [0.1, 0.15) is 0 Å². The van der Waals surface area contributed by atoms with Gasteiger partial charge < -0.3 is 0 Å². The molecule has 0 fully saturated rings. The van der Waals surface area contributed by atoms with Gasteiger partial charge in [0.15, 0.2) is 0 Å². The molecule has 0 radical (unpaired) electrons. The van der Waals surface area contributed by atoms with Crippen LogP contribution < -0.4 is 0 Å². The second-order valence-corrected chi connectivity index (χ2v) is 4.31. The van der Waals surface area contributed by atoms with Crippen LogP contribution >= 0.6 is 0 Å². The lowest BCUT2D eigenvalue weighted by atomic mass is 10.0. The van der Waals surface area contributed by atoms with Crippen LogP contribution in [0.1, 0.15) is 16.7 Å². The van der Waals surface area contributed by atoms with Crippen LogP contribution in [0.4, 0.5) is 5.69 Å². The monoisotopic (exact) mass is 268 g/mol. The maximum absolute atomic E-state index is 10.6. The molecule has 0 saturated carbocycles. The molecule has 2 aromatic carbocycles. The Morgan fingerprint density at radius 3 is 2.00 bits per heavy atom. The zero-order chi connectivity index (χ0) is 14.4. The van der Waals surface area contributed by atoms with Crippen molar-refractivity contribution in [2.45, 2.75) is 13.0 Å². The van der Waals surface area contributed by atoms with E-state index in [1.54, 1.807) is 12.1 Å². The van der Waals surface area contributed by atoms with E-state index >= 15 is 0 Å². The number of azide groups is 1. The maximum atomic E-state index is 10.6. The quantitative estimate of drug-likeness (QED) is 0.269. The van der Waals surface area contributed by atoms with Crippen molar-refractivity contribution in [3.8, 4) is 0 Å². The number of hydrogen-bond acceptors (Lipinski definition) is 3. The van der Waals surface area contributed by atoms with Gasteiger partial charge >= 0.3 is 0 Å². The first-order valence-corrected chi connectivity index (χ1v) is 6.01. The summed E-state index contributed by atoms with van der Waals surface area (Å²) in [6, 6.07) is 14.3. The molecule has 0 aliphatic carbocycles. The number of rotatable bonds is 5. The van der Waals surface area contributed by atoms with Crippen molar-refractivity contribution in [2.24, 2.45) is 5.11 Å². The fraction of sp³-hybridized carbons (Fsp3) is 0.143. The Morgan fingerprint density at radius 2 is 1.50 bits per heavy atom. The van der Waals surface area contributed by atoms with E-state index in [-0.39, 0.29) is 5.69 Å². The third-order valence-corrected chi connectivity index (χ3v) is 2.89. The SMILES string of the molecule is [N-]=[N+]=NCc1ccc(Cc2ccc([N+](=O)[O-])cc2)cc1. The summed E-state index contributed by atoms with van der Waals surface area (Å²) in [7, 11) is 0. The molecule has 0 aliphatic heterocycles. The van der Waals surface area contributed by atoms with Gasteiger partial charge in [-0.05, 0) is 28.6 Å². The van der Waals surface area contributed by atoms with Crippen molar-refractivity contribution in [1.82, 2.24) is 0 Å². The summed E-state index contributed by atoms with van der Waals surface area (Å²) in [6.07, 6.45) is 0.708. The predicted octanol–water partition coefficient (Wildman–Crippen LogP) is 4.00. The molecule has 2 aromatic rings. The molecule has 0 spiro atoms. The molecular formula is C14H12N4O2. The molecule has 2 rings (SSSR count). The van der Waals surface area contributed by atoms with E-state index in [2.05, 4.69) is 10.0 Å². The highest BCUT2D eigenvalue weighted by Gasteiger charge is 2.04. The summed E-state index contributed by atoms with van der Waals surface area (Å²) in [5, 5.41) is 14.1. The number of hydrogen-bond donors (Lipinski definition) is 0. The summed E-state index contributed by atoms with van der Waals surface area (Å²) < 4.78 is 0. The lowest BCUT2D eigenvalue weighted by Gasteiger charge is -2.03. The van der Waals surface area contributed by atoms with Gasteiger partial charge in [-0.1, -0.05) is 41.5 Å². The molecule has 0 N–H and O–H groups in total. The van der Waals surface area contributed by atoms with E-state index in [4.69, 9.17) is 5.53 Å². The Morgan fingerprint density at radius 1 is 1.00 bits per heavy atom. The fourth-order valence-corrected chi connectivity index (χ4v) is 1.85. The van der Waals surface area contributed by atoms with Crippen LogP contribution in [0.25, 0.3) is 10.4 Å². The van der Waals surface area contributed by atoms with E-state index in [9.17, 15) is 10.1 Å². The van der Waals surface area contributed by atoms with E-state index < -0.39 is 4.92 Å². The highest BCUT2D eigenvalue weighted by atomic mass is 16.6. The van der Waals surface area contributed by atoms with Crippen LogP contribution in [0.15, 0.2) is 53.6 Å². The van der Waals surface area contributed by atoms with Gasteiger partial charge in [0.25, 0.3) is 5.69 Å². The van der Waals surface area contributed by atoms with Crippen LogP contribution in [0, 0.1) is 10.1 Å². The van der Waals surface area contributed by atoms with Crippen molar-refractivity contribution in [3.63, 3.8) is 0 Å². The number of benzene rings is 2. The van der Waals surface area contributed by atoms with Gasteiger partial charge in [-0.15, -0.1) is 0 Å². The fourth-order valence-electron chi connectivity index (χ4n) is 1.85. The molecule has 0 heterocycles. The number of nitro groups is 1. The van der Waals surface area contributed by atoms with Crippen LogP contribution in [-0.2, 0) is 13.0 Å². The first-order chi connectivity index (χ1) is 9.69. The summed E-state index contributed by atoms with van der Waals surface area (Å²) in [5.74, 6) is 0. The highest BCUT2D eigenvalue weighted by Crippen LogP contribution is 2.15. The molecule has 6 nitrogen and oxygen atoms in total. The molecule has 0 bridgehead atoms. The lowest BCUT2D eigenvalue weighted by molar-refractivity contribution is -0.384. The second-order valence-electron chi connectivity index (χ2n) is 4.31. The Kier molecular flexibility index (Phi) is 4.32. The largest absolute Gasteiger partial charge is 0.269 e. The Bertz CT molecular complexity index is 644. The summed E-state index contributed by atoms with van der Waals surface area (Å²) in [5.41, 5.74) is 11.4. The number of non-ortho nitro benzene ring substituents is 1. The van der Waals surface area contributed by atoms with Crippen molar-refractivity contribution >= 4 is 5.69 Å². The normalized spacial score (nSPS) is 9.80. The van der Waals surface area contributed by atoms with Gasteiger partial charge in [-0.25, -0.2) is 0 Å². The Labute approximate surface area is 115 Å². The van der Waals surface area contributed by atoms with Crippen LogP contribution in [0.5, 0.6) is 0 Å². The van der Waals surface area contributed by atoms with Crippen LogP contribution in [-0.4, -0.2) is 4.92 Å². The van der Waals surface area contributed by atoms with Crippen molar-refractivity contribution < 1.29 is 4.92 Å². The topological polar surface area (TPSA) is 91.9 Å². The molecule has 0 atom stereocenters. The molecule has 0 aliphatic rings. The van der Waals surface area contributed by atoms with Crippen molar-refractivity contribution in [1.29, 1.82) is 0 Å². The minimum atomic E-state index is -0.408. The molecule has 6 heteroatoms. The first-order valence-electron chi connectivity index (χ1n) is 6.01. The van der Waals surface area contributed by atoms with E-state index in [1.807, 2.05) is 24.3 Å². The second kappa shape index (κ2) is 6.36. The predicted molar refractivity (Wildman–Crippen MR) is 75.2 cm³/mol. The van der Waals surface area contributed by atoms with Gasteiger partial charge in [-0.2, -0.15) is 0 Å². The summed E-state index contributed by atoms with van der Waals surface area (Å²) in [4.78, 5) is 12.9. The van der Waals surface area contributed by atoms with E-state index in [0.717, 1.165) is 16.7 Å². The van der Waals surface area contributed by atoms with Crippen molar-refractivity contribution in [3.05, 3.63) is 85.8 Å². The highest BCUT2D eigenvalue weighted by molar-refractivity contribution is 5.35. The zero-order valence-corrected chi connectivity index (χ0v) is 10.6. The van der Waals surface area contributed by atoms with Crippen LogP contribution in [0.2, 0.25) is 0 Å². The Hall–Kier alpha value is -2.85. The maximum Gasteiger partial charge on any atom is 0.269 e. The molecule has 0 unspecified atom stereocenters. The first kappa shape index (κ1) is 13.6. The third-order valence-electron chi connectivity index (χ3n) is 2.89. The van der Waals surface area contributed by atoms with Gasteiger partial charge in [-0.3, -0.25) is 10.1 Å². The van der Waals surface area contributed by atoms with Crippen LogP contribution in [0.3, 0.4) is 0 Å². The van der Waals surface area contributed by atoms with Gasteiger partial charge in [0.05, 0.1) is 11.5 Å². The van der Waals surface area contributed by atoms with E-state index in [1.165, 1.54) is 12.1 Å². The van der Waals surface area contributed by atoms with Gasteiger partial charge in [0, 0.05) is 17.0 Å². The molecular weight excluding hydrogens is 256 g/mol. The smallest absolute Gasteiger partial charge is 0.258 e. The number of nitrogens with zero attached hydrogens (tertiary/aromatic N) is 4. The molecule has 0 amide bonds. The average Bonchev–Trinajstić information content (AvgIpc) is 2.47. The average molecular weight is 268 g/mol. The minimum Gasteiger partial charge on any atom is -0.258 e. The van der Waals surface area contributed by atoms with E-state index in [0.29, 0.717) is 13.0 Å². The summed E-state index contributed by atoms with van der Waals surface area (Å²) in [6.45, 7) is 0.342.